The van der Waals surface area contributed by atoms with Crippen molar-refractivity contribution in [1.82, 2.24) is 10.2 Å². The number of H-pyrrole nitrogens is 1. The number of rotatable bonds is 2. The zero-order valence-corrected chi connectivity index (χ0v) is 12.2. The number of aryl methyl sites for hydroxylation is 1. The van der Waals surface area contributed by atoms with E-state index >= 15 is 0 Å². The molecule has 0 aliphatic rings. The first-order valence-electron chi connectivity index (χ1n) is 4.34. The summed E-state index contributed by atoms with van der Waals surface area (Å²) in [5.74, 6) is 0.481. The molecule has 0 aliphatic carbocycles. The second kappa shape index (κ2) is 4.68. The molecule has 0 saturated heterocycles. The van der Waals surface area contributed by atoms with Crippen LogP contribution in [0, 0.1) is 6.92 Å². The van der Waals surface area contributed by atoms with Gasteiger partial charge in [0.15, 0.2) is 0 Å². The SMILES string of the molecule is Cc1cn[nH]c1NC(=O)c1cc(Br)c(Br)s1. The monoisotopic (exact) mass is 363 g/mol. The third kappa shape index (κ3) is 2.36. The highest BCUT2D eigenvalue weighted by atomic mass is 79.9. The van der Waals surface area contributed by atoms with Crippen LogP contribution >= 0.6 is 43.2 Å². The van der Waals surface area contributed by atoms with E-state index in [0.29, 0.717) is 10.7 Å². The number of hydrogen-bond donors (Lipinski definition) is 2. The maximum Gasteiger partial charge on any atom is 0.266 e. The molecule has 2 aromatic rings. The summed E-state index contributed by atoms with van der Waals surface area (Å²) in [6.45, 7) is 1.87. The highest BCUT2D eigenvalue weighted by molar-refractivity contribution is 9.13. The summed E-state index contributed by atoms with van der Waals surface area (Å²) in [6, 6.07) is 1.77. The number of aromatic nitrogens is 2. The van der Waals surface area contributed by atoms with Crippen LogP contribution in [0.1, 0.15) is 15.2 Å². The lowest BCUT2D eigenvalue weighted by Crippen LogP contribution is -2.11. The molecule has 0 radical (unpaired) electrons. The number of nitrogens with one attached hydrogen (secondary N) is 2. The van der Waals surface area contributed by atoms with E-state index in [1.807, 2.05) is 6.92 Å². The Hall–Kier alpha value is -0.660. The van der Waals surface area contributed by atoms with E-state index < -0.39 is 0 Å². The fraction of sp³-hybridized carbons (Fsp3) is 0.111. The summed E-state index contributed by atoms with van der Waals surface area (Å²) in [5, 5.41) is 9.32. The van der Waals surface area contributed by atoms with Gasteiger partial charge in [0.2, 0.25) is 0 Å². The van der Waals surface area contributed by atoms with E-state index in [0.717, 1.165) is 13.8 Å². The van der Waals surface area contributed by atoms with Crippen LogP contribution in [-0.2, 0) is 0 Å². The standard InChI is InChI=1S/C9H7Br2N3OS/c1-4-3-12-14-8(4)13-9(15)6-2-5(10)7(11)16-6/h2-3H,1H3,(H2,12,13,14,15). The lowest BCUT2D eigenvalue weighted by Gasteiger charge is -2.00. The molecular formula is C9H7Br2N3OS. The fourth-order valence-electron chi connectivity index (χ4n) is 1.11. The van der Waals surface area contributed by atoms with E-state index in [4.69, 9.17) is 0 Å². The van der Waals surface area contributed by atoms with E-state index in [2.05, 4.69) is 47.4 Å². The molecule has 84 valence electrons. The molecule has 4 nitrogen and oxygen atoms in total. The van der Waals surface area contributed by atoms with E-state index in [9.17, 15) is 4.79 Å². The Morgan fingerprint density at radius 2 is 2.31 bits per heavy atom. The molecule has 2 heterocycles. The normalized spacial score (nSPS) is 10.4. The highest BCUT2D eigenvalue weighted by Crippen LogP contribution is 2.32. The average molecular weight is 365 g/mol. The van der Waals surface area contributed by atoms with Crippen molar-refractivity contribution in [2.45, 2.75) is 6.92 Å². The molecule has 0 bridgehead atoms. The van der Waals surface area contributed by atoms with Crippen molar-refractivity contribution in [3.8, 4) is 0 Å². The molecule has 2 N–H and O–H groups in total. The zero-order valence-electron chi connectivity index (χ0n) is 8.17. The maximum atomic E-state index is 11.8. The topological polar surface area (TPSA) is 57.8 Å². The van der Waals surface area contributed by atoms with Crippen molar-refractivity contribution < 1.29 is 4.79 Å². The van der Waals surface area contributed by atoms with Crippen LogP contribution in [0.15, 0.2) is 20.5 Å². The summed E-state index contributed by atoms with van der Waals surface area (Å²) >= 11 is 8.06. The minimum absolute atomic E-state index is 0.149. The summed E-state index contributed by atoms with van der Waals surface area (Å²) in [7, 11) is 0. The quantitative estimate of drug-likeness (QED) is 0.855. The smallest absolute Gasteiger partial charge is 0.266 e. The van der Waals surface area contributed by atoms with Crippen LogP contribution in [0.4, 0.5) is 5.82 Å². The Balaban J connectivity index is 2.18. The zero-order chi connectivity index (χ0) is 11.7. The highest BCUT2D eigenvalue weighted by Gasteiger charge is 2.13. The first-order valence-corrected chi connectivity index (χ1v) is 6.74. The first kappa shape index (κ1) is 11.8. The van der Waals surface area contributed by atoms with Crippen LogP contribution in [-0.4, -0.2) is 16.1 Å². The van der Waals surface area contributed by atoms with Crippen molar-refractivity contribution in [3.63, 3.8) is 0 Å². The predicted molar refractivity (Wildman–Crippen MR) is 71.0 cm³/mol. The largest absolute Gasteiger partial charge is 0.306 e. The summed E-state index contributed by atoms with van der Waals surface area (Å²) in [6.07, 6.45) is 1.66. The van der Waals surface area contributed by atoms with E-state index in [-0.39, 0.29) is 5.91 Å². The summed E-state index contributed by atoms with van der Waals surface area (Å²) in [4.78, 5) is 12.5. The molecule has 0 aliphatic heterocycles. The molecule has 7 heteroatoms. The van der Waals surface area contributed by atoms with Crippen LogP contribution in [0.25, 0.3) is 0 Å². The number of aromatic amines is 1. The van der Waals surface area contributed by atoms with Gasteiger partial charge in [-0.3, -0.25) is 9.89 Å². The molecule has 0 fully saturated rings. The molecule has 0 spiro atoms. The number of carbonyl (C=O) groups is 1. The van der Waals surface area contributed by atoms with Crippen molar-refractivity contribution in [1.29, 1.82) is 0 Å². The van der Waals surface area contributed by atoms with Gasteiger partial charge in [-0.25, -0.2) is 0 Å². The molecule has 16 heavy (non-hydrogen) atoms. The number of carbonyl (C=O) groups excluding carboxylic acids is 1. The number of hydrogen-bond acceptors (Lipinski definition) is 3. The molecule has 0 saturated carbocycles. The Morgan fingerprint density at radius 1 is 1.56 bits per heavy atom. The molecule has 2 rings (SSSR count). The Morgan fingerprint density at radius 3 is 2.81 bits per heavy atom. The third-order valence-corrected chi connectivity index (χ3v) is 5.19. The molecular weight excluding hydrogens is 358 g/mol. The van der Waals surface area contributed by atoms with Gasteiger partial charge in [0.05, 0.1) is 14.9 Å². The fourth-order valence-corrected chi connectivity index (χ4v) is 3.04. The number of anilines is 1. The second-order valence-corrected chi connectivity index (χ2v) is 6.34. The number of nitrogens with zero attached hydrogens (tertiary/aromatic N) is 1. The summed E-state index contributed by atoms with van der Waals surface area (Å²) < 4.78 is 1.78. The Kier molecular flexibility index (Phi) is 3.46. The van der Waals surface area contributed by atoms with Gasteiger partial charge in [-0.2, -0.15) is 5.10 Å². The van der Waals surface area contributed by atoms with Gasteiger partial charge in [-0.15, -0.1) is 11.3 Å². The van der Waals surface area contributed by atoms with Gasteiger partial charge in [0, 0.05) is 10.0 Å². The van der Waals surface area contributed by atoms with Gasteiger partial charge in [0.25, 0.3) is 5.91 Å². The van der Waals surface area contributed by atoms with Crippen LogP contribution in [0.2, 0.25) is 0 Å². The minimum atomic E-state index is -0.149. The van der Waals surface area contributed by atoms with E-state index in [1.54, 1.807) is 12.3 Å². The first-order chi connectivity index (χ1) is 7.58. The summed E-state index contributed by atoms with van der Waals surface area (Å²) in [5.41, 5.74) is 0.906. The third-order valence-electron chi connectivity index (χ3n) is 1.94. The molecule has 0 unspecified atom stereocenters. The van der Waals surface area contributed by atoms with Crippen molar-refractivity contribution in [3.05, 3.63) is 31.0 Å². The number of amides is 1. The lowest BCUT2D eigenvalue weighted by molar-refractivity contribution is 0.103. The van der Waals surface area contributed by atoms with Gasteiger partial charge in [0.1, 0.15) is 5.82 Å². The van der Waals surface area contributed by atoms with Gasteiger partial charge >= 0.3 is 0 Å². The van der Waals surface area contributed by atoms with Crippen LogP contribution < -0.4 is 5.32 Å². The van der Waals surface area contributed by atoms with E-state index in [1.165, 1.54) is 11.3 Å². The Bertz CT molecular complexity index is 515. The molecule has 0 atom stereocenters. The van der Waals surface area contributed by atoms with Gasteiger partial charge < -0.3 is 5.32 Å². The lowest BCUT2D eigenvalue weighted by atomic mass is 10.3. The van der Waals surface area contributed by atoms with Gasteiger partial charge in [-0.05, 0) is 44.8 Å². The second-order valence-electron chi connectivity index (χ2n) is 3.11. The van der Waals surface area contributed by atoms with Crippen molar-refractivity contribution >= 4 is 54.9 Å². The van der Waals surface area contributed by atoms with Crippen molar-refractivity contribution in [2.75, 3.05) is 5.32 Å². The number of thiophene rings is 1. The molecule has 0 aromatic carbocycles. The molecule has 2 aromatic heterocycles. The van der Waals surface area contributed by atoms with Gasteiger partial charge in [-0.1, -0.05) is 0 Å². The van der Waals surface area contributed by atoms with Crippen LogP contribution in [0.5, 0.6) is 0 Å². The van der Waals surface area contributed by atoms with Crippen molar-refractivity contribution in [2.24, 2.45) is 0 Å². The molecule has 1 amide bonds. The predicted octanol–water partition coefficient (Wildman–Crippen LogP) is 3.56. The number of halogens is 2. The average Bonchev–Trinajstić information content (AvgIpc) is 2.76. The Labute approximate surface area is 113 Å². The minimum Gasteiger partial charge on any atom is -0.306 e. The maximum absolute atomic E-state index is 11.8. The van der Waals surface area contributed by atoms with Crippen LogP contribution in [0.3, 0.4) is 0 Å².